The molecule has 0 aromatic heterocycles. The van der Waals surface area contributed by atoms with E-state index in [4.69, 9.17) is 4.74 Å². The smallest absolute Gasteiger partial charge is 0.250 e. The van der Waals surface area contributed by atoms with E-state index in [-0.39, 0.29) is 23.5 Å². The van der Waals surface area contributed by atoms with Crippen LogP contribution in [0.4, 0.5) is 5.69 Å². The van der Waals surface area contributed by atoms with Crippen LogP contribution in [0.5, 0.6) is 0 Å². The highest BCUT2D eigenvalue weighted by atomic mass is 32.2. The number of ether oxygens (including phenoxy) is 1. The van der Waals surface area contributed by atoms with Crippen LogP contribution in [0.3, 0.4) is 0 Å². The number of anilines is 1. The zero-order chi connectivity index (χ0) is 15.3. The van der Waals surface area contributed by atoms with E-state index < -0.39 is 9.84 Å². The average molecular weight is 312 g/mol. The van der Waals surface area contributed by atoms with E-state index >= 15 is 0 Å². The molecule has 7 heteroatoms. The van der Waals surface area contributed by atoms with Gasteiger partial charge in [-0.1, -0.05) is 12.1 Å². The fraction of sp³-hybridized carbons (Fsp3) is 0.500. The molecule has 0 spiro atoms. The molecule has 0 radical (unpaired) electrons. The molecule has 0 atom stereocenters. The van der Waals surface area contributed by atoms with Gasteiger partial charge < -0.3 is 15.4 Å². The lowest BCUT2D eigenvalue weighted by molar-refractivity contribution is -0.123. The largest absolute Gasteiger partial charge is 0.368 e. The molecular formula is C14H20N2O4S. The number of hydrogen-bond donors (Lipinski definition) is 2. The molecule has 6 nitrogen and oxygen atoms in total. The van der Waals surface area contributed by atoms with Gasteiger partial charge in [-0.2, -0.15) is 0 Å². The van der Waals surface area contributed by atoms with Gasteiger partial charge in [0.05, 0.1) is 16.7 Å². The summed E-state index contributed by atoms with van der Waals surface area (Å²) in [5.74, 6) is -0.343. The zero-order valence-corrected chi connectivity index (χ0v) is 12.8. The first-order valence-electron chi connectivity index (χ1n) is 6.88. The highest BCUT2D eigenvalue weighted by molar-refractivity contribution is 7.90. The average Bonchev–Trinajstić information content (AvgIpc) is 2.46. The number of nitrogens with one attached hydrogen (secondary N) is 2. The van der Waals surface area contributed by atoms with Gasteiger partial charge in [-0.05, 0) is 38.1 Å². The number of rotatable bonds is 5. The summed E-state index contributed by atoms with van der Waals surface area (Å²) in [4.78, 5) is 12.0. The van der Waals surface area contributed by atoms with Crippen molar-refractivity contribution in [2.45, 2.75) is 23.8 Å². The van der Waals surface area contributed by atoms with Gasteiger partial charge in [0.1, 0.15) is 6.61 Å². The fourth-order valence-electron chi connectivity index (χ4n) is 2.24. The van der Waals surface area contributed by atoms with E-state index in [2.05, 4.69) is 10.6 Å². The summed E-state index contributed by atoms with van der Waals surface area (Å²) >= 11 is 0. The van der Waals surface area contributed by atoms with E-state index in [1.165, 1.54) is 6.07 Å². The second-order valence-electron chi connectivity index (χ2n) is 5.08. The molecule has 116 valence electrons. The Morgan fingerprint density at radius 2 is 2.00 bits per heavy atom. The Hall–Kier alpha value is -1.44. The normalized spacial score (nSPS) is 16.6. The first-order chi connectivity index (χ1) is 9.97. The van der Waals surface area contributed by atoms with Crippen molar-refractivity contribution < 1.29 is 17.9 Å². The van der Waals surface area contributed by atoms with Crippen molar-refractivity contribution in [1.29, 1.82) is 0 Å². The number of benzene rings is 1. The minimum absolute atomic E-state index is 0.0667. The standard InChI is InChI=1S/C14H20N2O4S/c1-21(18,19)13-5-3-2-4-12(13)16-14(17)10-20-11-6-8-15-9-7-11/h2-5,11,15H,6-10H2,1H3,(H,16,17). The first-order valence-corrected chi connectivity index (χ1v) is 8.77. The summed E-state index contributed by atoms with van der Waals surface area (Å²) in [6.07, 6.45) is 2.96. The van der Waals surface area contributed by atoms with Crippen molar-refractivity contribution in [3.05, 3.63) is 24.3 Å². The van der Waals surface area contributed by atoms with E-state index in [1.807, 2.05) is 0 Å². The molecule has 1 aromatic rings. The summed E-state index contributed by atoms with van der Waals surface area (Å²) in [7, 11) is -3.38. The number of piperidine rings is 1. The molecule has 21 heavy (non-hydrogen) atoms. The molecule has 0 unspecified atom stereocenters. The Morgan fingerprint density at radius 1 is 1.33 bits per heavy atom. The Balaban J connectivity index is 1.93. The van der Waals surface area contributed by atoms with Crippen LogP contribution in [0.15, 0.2) is 29.2 Å². The minimum Gasteiger partial charge on any atom is -0.368 e. The third kappa shape index (κ3) is 4.80. The lowest BCUT2D eigenvalue weighted by Crippen LogP contribution is -2.34. The van der Waals surface area contributed by atoms with Gasteiger partial charge in [0.15, 0.2) is 9.84 Å². The molecule has 1 aliphatic rings. The van der Waals surface area contributed by atoms with Crippen LogP contribution in [0.25, 0.3) is 0 Å². The number of sulfone groups is 1. The van der Waals surface area contributed by atoms with Gasteiger partial charge in [-0.3, -0.25) is 4.79 Å². The number of carbonyl (C=O) groups excluding carboxylic acids is 1. The molecule has 1 fully saturated rings. The lowest BCUT2D eigenvalue weighted by atomic mass is 10.1. The maximum atomic E-state index is 11.9. The Morgan fingerprint density at radius 3 is 2.67 bits per heavy atom. The molecule has 0 saturated carbocycles. The molecule has 1 aromatic carbocycles. The SMILES string of the molecule is CS(=O)(=O)c1ccccc1NC(=O)COC1CCNCC1. The van der Waals surface area contributed by atoms with Crippen LogP contribution < -0.4 is 10.6 Å². The highest BCUT2D eigenvalue weighted by Crippen LogP contribution is 2.20. The monoisotopic (exact) mass is 312 g/mol. The first kappa shape index (κ1) is 15.9. The van der Waals surface area contributed by atoms with Gasteiger partial charge in [-0.25, -0.2) is 8.42 Å². The summed E-state index contributed by atoms with van der Waals surface area (Å²) < 4.78 is 28.8. The van der Waals surface area contributed by atoms with Crippen LogP contribution >= 0.6 is 0 Å². The van der Waals surface area contributed by atoms with E-state index in [1.54, 1.807) is 18.2 Å². The number of amides is 1. The molecule has 2 N–H and O–H groups in total. The number of para-hydroxylation sites is 1. The van der Waals surface area contributed by atoms with Crippen molar-refractivity contribution >= 4 is 21.4 Å². The molecule has 1 aliphatic heterocycles. The molecule has 1 amide bonds. The van der Waals surface area contributed by atoms with Crippen molar-refractivity contribution in [3.8, 4) is 0 Å². The van der Waals surface area contributed by atoms with Crippen LogP contribution in [-0.2, 0) is 19.4 Å². The fourth-order valence-corrected chi connectivity index (χ4v) is 3.08. The molecule has 0 aliphatic carbocycles. The third-order valence-corrected chi connectivity index (χ3v) is 4.45. The van der Waals surface area contributed by atoms with Crippen LogP contribution in [0, 0.1) is 0 Å². The van der Waals surface area contributed by atoms with Crippen molar-refractivity contribution in [1.82, 2.24) is 5.32 Å². The number of carbonyl (C=O) groups is 1. The number of hydrogen-bond acceptors (Lipinski definition) is 5. The Labute approximate surface area is 124 Å². The molecular weight excluding hydrogens is 292 g/mol. The van der Waals surface area contributed by atoms with Crippen molar-refractivity contribution in [3.63, 3.8) is 0 Å². The van der Waals surface area contributed by atoms with Crippen molar-refractivity contribution in [2.75, 3.05) is 31.3 Å². The highest BCUT2D eigenvalue weighted by Gasteiger charge is 2.17. The van der Waals surface area contributed by atoms with E-state index in [0.717, 1.165) is 32.2 Å². The summed E-state index contributed by atoms with van der Waals surface area (Å²) in [5, 5.41) is 5.82. The predicted molar refractivity (Wildman–Crippen MR) is 80.0 cm³/mol. The van der Waals surface area contributed by atoms with Crippen LogP contribution in [0.1, 0.15) is 12.8 Å². The summed E-state index contributed by atoms with van der Waals surface area (Å²) in [5.41, 5.74) is 0.291. The predicted octanol–water partition coefficient (Wildman–Crippen LogP) is 0.797. The van der Waals surface area contributed by atoms with Gasteiger partial charge in [-0.15, -0.1) is 0 Å². The molecule has 0 bridgehead atoms. The van der Waals surface area contributed by atoms with Crippen molar-refractivity contribution in [2.24, 2.45) is 0 Å². The van der Waals surface area contributed by atoms with Gasteiger partial charge in [0.2, 0.25) is 5.91 Å². The Kier molecular flexibility index (Phi) is 5.33. The molecule has 1 heterocycles. The van der Waals surface area contributed by atoms with E-state index in [0.29, 0.717) is 5.69 Å². The second-order valence-corrected chi connectivity index (χ2v) is 7.06. The molecule has 2 rings (SSSR count). The summed E-state index contributed by atoms with van der Waals surface area (Å²) in [6.45, 7) is 1.72. The van der Waals surface area contributed by atoms with Gasteiger partial charge in [0, 0.05) is 6.26 Å². The summed E-state index contributed by atoms with van der Waals surface area (Å²) in [6, 6.07) is 6.34. The topological polar surface area (TPSA) is 84.5 Å². The Bertz CT molecular complexity index is 595. The molecule has 1 saturated heterocycles. The quantitative estimate of drug-likeness (QED) is 0.840. The van der Waals surface area contributed by atoms with Gasteiger partial charge in [0.25, 0.3) is 0 Å². The van der Waals surface area contributed by atoms with Crippen LogP contribution in [-0.4, -0.2) is 46.4 Å². The lowest BCUT2D eigenvalue weighted by Gasteiger charge is -2.22. The zero-order valence-electron chi connectivity index (χ0n) is 12.0. The third-order valence-electron chi connectivity index (χ3n) is 3.30. The maximum absolute atomic E-state index is 11.9. The van der Waals surface area contributed by atoms with Crippen LogP contribution in [0.2, 0.25) is 0 Å². The van der Waals surface area contributed by atoms with E-state index in [9.17, 15) is 13.2 Å². The second kappa shape index (κ2) is 7.02. The van der Waals surface area contributed by atoms with Gasteiger partial charge >= 0.3 is 0 Å². The maximum Gasteiger partial charge on any atom is 0.250 e. The minimum atomic E-state index is -3.38.